The molecule has 4 heteroatoms. The van der Waals surface area contributed by atoms with Gasteiger partial charge in [0.2, 0.25) is 0 Å². The topological polar surface area (TPSA) is 0 Å². The highest BCUT2D eigenvalue weighted by molar-refractivity contribution is 9.11. The number of thiophene rings is 1. The molecule has 17 heavy (non-hydrogen) atoms. The number of halogens is 3. The molecule has 0 spiro atoms. The first kappa shape index (κ1) is 13.2. The fourth-order valence-corrected chi connectivity index (χ4v) is 3.95. The van der Waals surface area contributed by atoms with Crippen molar-refractivity contribution < 1.29 is 4.39 Å². The van der Waals surface area contributed by atoms with Crippen molar-refractivity contribution in [2.24, 2.45) is 0 Å². The minimum atomic E-state index is -0.167. The van der Waals surface area contributed by atoms with Gasteiger partial charge in [-0.25, -0.2) is 4.39 Å². The van der Waals surface area contributed by atoms with E-state index in [-0.39, 0.29) is 10.6 Å². The van der Waals surface area contributed by atoms with Crippen LogP contribution in [0.15, 0.2) is 28.1 Å². The molecule has 1 heterocycles. The van der Waals surface area contributed by atoms with Gasteiger partial charge in [0.1, 0.15) is 5.82 Å². The van der Waals surface area contributed by atoms with Gasteiger partial charge in [-0.3, -0.25) is 0 Å². The SMILES string of the molecule is Cc1ccc(F)c(C(Br)c2cc(C)c(Br)s2)c1. The summed E-state index contributed by atoms with van der Waals surface area (Å²) in [5, 5.41) is 0. The second kappa shape index (κ2) is 5.21. The Hall–Kier alpha value is -0.190. The van der Waals surface area contributed by atoms with E-state index in [1.165, 1.54) is 11.6 Å². The monoisotopic (exact) mass is 376 g/mol. The molecule has 0 N–H and O–H groups in total. The number of hydrogen-bond acceptors (Lipinski definition) is 1. The average Bonchev–Trinajstić information content (AvgIpc) is 2.62. The standard InChI is InChI=1S/C13H11Br2FS/c1-7-3-4-10(16)9(5-7)12(14)11-6-8(2)13(15)17-11/h3-6,12H,1-2H3. The van der Waals surface area contributed by atoms with Gasteiger partial charge in [-0.1, -0.05) is 33.6 Å². The second-order valence-corrected chi connectivity index (χ2v) is 7.31. The van der Waals surface area contributed by atoms with E-state index in [2.05, 4.69) is 37.9 Å². The van der Waals surface area contributed by atoms with E-state index in [1.54, 1.807) is 17.4 Å². The van der Waals surface area contributed by atoms with Crippen LogP contribution < -0.4 is 0 Å². The lowest BCUT2D eigenvalue weighted by Crippen LogP contribution is -1.95. The van der Waals surface area contributed by atoms with E-state index in [4.69, 9.17) is 0 Å². The molecule has 0 aliphatic rings. The summed E-state index contributed by atoms with van der Waals surface area (Å²) in [5.41, 5.74) is 2.94. The third-order valence-corrected chi connectivity index (χ3v) is 6.04. The quantitative estimate of drug-likeness (QED) is 0.584. The molecule has 0 amide bonds. The van der Waals surface area contributed by atoms with Crippen LogP contribution in [0.25, 0.3) is 0 Å². The van der Waals surface area contributed by atoms with Gasteiger partial charge in [-0.05, 0) is 47.5 Å². The zero-order valence-electron chi connectivity index (χ0n) is 9.43. The summed E-state index contributed by atoms with van der Waals surface area (Å²) in [6.07, 6.45) is 0. The van der Waals surface area contributed by atoms with Gasteiger partial charge in [0.05, 0.1) is 8.61 Å². The van der Waals surface area contributed by atoms with E-state index in [9.17, 15) is 4.39 Å². The zero-order valence-corrected chi connectivity index (χ0v) is 13.4. The normalized spacial score (nSPS) is 12.8. The Balaban J connectivity index is 2.42. The minimum absolute atomic E-state index is 0.0857. The van der Waals surface area contributed by atoms with Gasteiger partial charge in [-0.15, -0.1) is 11.3 Å². The van der Waals surface area contributed by atoms with E-state index in [0.29, 0.717) is 5.56 Å². The number of rotatable bonds is 2. The van der Waals surface area contributed by atoms with Crippen molar-refractivity contribution in [1.29, 1.82) is 0 Å². The van der Waals surface area contributed by atoms with Crippen LogP contribution in [0, 0.1) is 19.7 Å². The van der Waals surface area contributed by atoms with Gasteiger partial charge in [0.25, 0.3) is 0 Å². The molecule has 0 bridgehead atoms. The summed E-state index contributed by atoms with van der Waals surface area (Å²) in [5.74, 6) is -0.167. The molecule has 0 nitrogen and oxygen atoms in total. The number of hydrogen-bond donors (Lipinski definition) is 0. The molecule has 0 fully saturated rings. The largest absolute Gasteiger partial charge is 0.207 e. The maximum absolute atomic E-state index is 13.8. The molecule has 1 aromatic carbocycles. The summed E-state index contributed by atoms with van der Waals surface area (Å²) in [6.45, 7) is 4.01. The van der Waals surface area contributed by atoms with Crippen molar-refractivity contribution in [3.8, 4) is 0 Å². The zero-order chi connectivity index (χ0) is 12.6. The lowest BCUT2D eigenvalue weighted by atomic mass is 10.1. The van der Waals surface area contributed by atoms with Crippen molar-refractivity contribution in [2.75, 3.05) is 0 Å². The lowest BCUT2D eigenvalue weighted by Gasteiger charge is -2.10. The van der Waals surface area contributed by atoms with E-state index >= 15 is 0 Å². The maximum atomic E-state index is 13.8. The molecule has 0 saturated carbocycles. The molecule has 0 radical (unpaired) electrons. The second-order valence-electron chi connectivity index (χ2n) is 3.99. The van der Waals surface area contributed by atoms with E-state index in [0.717, 1.165) is 14.2 Å². The van der Waals surface area contributed by atoms with Crippen LogP contribution in [-0.2, 0) is 0 Å². The molecule has 1 unspecified atom stereocenters. The Labute approximate surface area is 121 Å². The Morgan fingerprint density at radius 1 is 1.24 bits per heavy atom. The molecule has 0 aliphatic carbocycles. The molecule has 0 aliphatic heterocycles. The van der Waals surface area contributed by atoms with Crippen molar-refractivity contribution in [1.82, 2.24) is 0 Å². The Kier molecular flexibility index (Phi) is 4.06. The lowest BCUT2D eigenvalue weighted by molar-refractivity contribution is 0.613. The highest BCUT2D eigenvalue weighted by Crippen LogP contribution is 2.40. The van der Waals surface area contributed by atoms with Crippen LogP contribution in [0.3, 0.4) is 0 Å². The fourth-order valence-electron chi connectivity index (χ4n) is 1.62. The molecular weight excluding hydrogens is 367 g/mol. The van der Waals surface area contributed by atoms with Gasteiger partial charge < -0.3 is 0 Å². The third-order valence-electron chi connectivity index (χ3n) is 2.55. The first-order valence-corrected chi connectivity index (χ1v) is 7.67. The fraction of sp³-hybridized carbons (Fsp3) is 0.231. The summed E-state index contributed by atoms with van der Waals surface area (Å²) >= 11 is 8.70. The molecule has 90 valence electrons. The molecular formula is C13H11Br2FS. The van der Waals surface area contributed by atoms with Crippen molar-refractivity contribution in [2.45, 2.75) is 18.7 Å². The average molecular weight is 378 g/mol. The van der Waals surface area contributed by atoms with E-state index < -0.39 is 0 Å². The molecule has 1 aromatic heterocycles. The molecule has 2 aromatic rings. The Bertz CT molecular complexity index is 529. The number of benzene rings is 1. The maximum Gasteiger partial charge on any atom is 0.127 e. The predicted molar refractivity (Wildman–Crippen MR) is 78.7 cm³/mol. The van der Waals surface area contributed by atoms with Crippen molar-refractivity contribution in [3.63, 3.8) is 0 Å². The van der Waals surface area contributed by atoms with Gasteiger partial charge in [-0.2, -0.15) is 0 Å². The van der Waals surface area contributed by atoms with Crippen LogP contribution in [-0.4, -0.2) is 0 Å². The summed E-state index contributed by atoms with van der Waals surface area (Å²) in [7, 11) is 0. The summed E-state index contributed by atoms with van der Waals surface area (Å²) < 4.78 is 14.9. The third kappa shape index (κ3) is 2.80. The predicted octanol–water partition coefficient (Wildman–Crippen LogP) is 5.75. The molecule has 1 atom stereocenters. The molecule has 0 saturated heterocycles. The number of aryl methyl sites for hydroxylation is 2. The van der Waals surface area contributed by atoms with Crippen LogP contribution in [0.4, 0.5) is 4.39 Å². The van der Waals surface area contributed by atoms with Gasteiger partial charge >= 0.3 is 0 Å². The van der Waals surface area contributed by atoms with Crippen molar-refractivity contribution in [3.05, 3.63) is 55.4 Å². The minimum Gasteiger partial charge on any atom is -0.207 e. The first-order valence-electron chi connectivity index (χ1n) is 5.15. The van der Waals surface area contributed by atoms with Crippen molar-refractivity contribution >= 4 is 43.2 Å². The Morgan fingerprint density at radius 3 is 2.53 bits per heavy atom. The van der Waals surface area contributed by atoms with Crippen LogP contribution in [0.1, 0.15) is 26.4 Å². The first-order chi connectivity index (χ1) is 7.99. The van der Waals surface area contributed by atoms with Gasteiger partial charge in [0, 0.05) is 10.4 Å². The van der Waals surface area contributed by atoms with Crippen LogP contribution in [0.5, 0.6) is 0 Å². The van der Waals surface area contributed by atoms with Crippen LogP contribution >= 0.6 is 43.2 Å². The van der Waals surface area contributed by atoms with E-state index in [1.807, 2.05) is 19.9 Å². The smallest absolute Gasteiger partial charge is 0.127 e. The van der Waals surface area contributed by atoms with Gasteiger partial charge in [0.15, 0.2) is 0 Å². The molecule has 2 rings (SSSR count). The summed E-state index contributed by atoms with van der Waals surface area (Å²) in [6, 6.07) is 7.27. The van der Waals surface area contributed by atoms with Crippen LogP contribution in [0.2, 0.25) is 0 Å². The highest BCUT2D eigenvalue weighted by Gasteiger charge is 2.17. The Morgan fingerprint density at radius 2 is 1.94 bits per heavy atom. The highest BCUT2D eigenvalue weighted by atomic mass is 79.9. The number of alkyl halides is 1. The summed E-state index contributed by atoms with van der Waals surface area (Å²) in [4.78, 5) is 1.02.